The molecule has 3 aromatic rings. The first-order valence-electron chi connectivity index (χ1n) is 9.30. The Bertz CT molecular complexity index is 1010. The molecule has 0 saturated heterocycles. The number of fused-ring (bicyclic) bond motifs is 1. The zero-order valence-corrected chi connectivity index (χ0v) is 17.0. The highest BCUT2D eigenvalue weighted by Gasteiger charge is 2.23. The second kappa shape index (κ2) is 9.58. The molecule has 0 aliphatic carbocycles. The Morgan fingerprint density at radius 2 is 1.86 bits per heavy atom. The van der Waals surface area contributed by atoms with Gasteiger partial charge in [-0.15, -0.1) is 0 Å². The molecule has 2 aromatic carbocycles. The average molecular weight is 416 g/mol. The van der Waals surface area contributed by atoms with Gasteiger partial charge in [0.25, 0.3) is 5.91 Å². The van der Waals surface area contributed by atoms with E-state index in [0.29, 0.717) is 22.8 Å². The van der Waals surface area contributed by atoms with Gasteiger partial charge >= 0.3 is 5.97 Å². The standard InChI is InChI=1S/C22H22ClNO5/c1-3-27-12-17-16-9-5-7-11-19(16)29-21(17)22(26)28-13-20(25)24-14(2)15-8-4-6-10-18(15)23/h4-11,14H,3,12-13H2,1-2H3,(H,24,25)/t14-/m0/s1. The van der Waals surface area contributed by atoms with Gasteiger partial charge in [-0.2, -0.15) is 0 Å². The molecule has 1 aromatic heterocycles. The van der Waals surface area contributed by atoms with E-state index in [-0.39, 0.29) is 18.4 Å². The van der Waals surface area contributed by atoms with Crippen molar-refractivity contribution >= 4 is 34.4 Å². The summed E-state index contributed by atoms with van der Waals surface area (Å²) in [5.74, 6) is -1.10. The van der Waals surface area contributed by atoms with Crippen molar-refractivity contribution in [2.24, 2.45) is 0 Å². The van der Waals surface area contributed by atoms with Gasteiger partial charge in [0.05, 0.1) is 12.6 Å². The molecule has 0 fully saturated rings. The largest absolute Gasteiger partial charge is 0.450 e. The van der Waals surface area contributed by atoms with Crippen LogP contribution in [0.3, 0.4) is 0 Å². The molecule has 0 aliphatic heterocycles. The SMILES string of the molecule is CCOCc1c(C(=O)OCC(=O)N[C@@H](C)c2ccccc2Cl)oc2ccccc12. The molecule has 29 heavy (non-hydrogen) atoms. The molecule has 0 aliphatic rings. The summed E-state index contributed by atoms with van der Waals surface area (Å²) >= 11 is 6.15. The lowest BCUT2D eigenvalue weighted by molar-refractivity contribution is -0.124. The molecular formula is C22H22ClNO5. The van der Waals surface area contributed by atoms with E-state index in [4.69, 9.17) is 25.5 Å². The number of hydrogen-bond donors (Lipinski definition) is 1. The first-order valence-corrected chi connectivity index (χ1v) is 9.68. The number of nitrogens with one attached hydrogen (secondary N) is 1. The second-order valence-corrected chi connectivity index (χ2v) is 6.84. The Balaban J connectivity index is 1.66. The van der Waals surface area contributed by atoms with Crippen molar-refractivity contribution in [1.29, 1.82) is 0 Å². The molecule has 1 heterocycles. The fourth-order valence-electron chi connectivity index (χ4n) is 2.99. The summed E-state index contributed by atoms with van der Waals surface area (Å²) in [4.78, 5) is 24.8. The number of benzene rings is 2. The summed E-state index contributed by atoms with van der Waals surface area (Å²) in [6, 6.07) is 14.2. The van der Waals surface area contributed by atoms with Crippen molar-refractivity contribution in [1.82, 2.24) is 5.32 Å². The van der Waals surface area contributed by atoms with Gasteiger partial charge in [-0.1, -0.05) is 48.0 Å². The molecule has 1 amide bonds. The highest BCUT2D eigenvalue weighted by Crippen LogP contribution is 2.27. The Morgan fingerprint density at radius 3 is 2.62 bits per heavy atom. The van der Waals surface area contributed by atoms with Gasteiger partial charge in [0.2, 0.25) is 5.76 Å². The van der Waals surface area contributed by atoms with E-state index in [1.54, 1.807) is 19.1 Å². The summed E-state index contributed by atoms with van der Waals surface area (Å²) < 4.78 is 16.3. The van der Waals surface area contributed by atoms with Gasteiger partial charge < -0.3 is 19.2 Å². The summed E-state index contributed by atoms with van der Waals surface area (Å²) in [7, 11) is 0. The summed E-state index contributed by atoms with van der Waals surface area (Å²) in [6.07, 6.45) is 0. The van der Waals surface area contributed by atoms with Gasteiger partial charge in [-0.25, -0.2) is 4.79 Å². The molecule has 152 valence electrons. The number of halogens is 1. The minimum Gasteiger partial charge on any atom is -0.450 e. The maximum atomic E-state index is 12.5. The van der Waals surface area contributed by atoms with Crippen LogP contribution in [-0.2, 0) is 20.9 Å². The quantitative estimate of drug-likeness (QED) is 0.541. The Kier molecular flexibility index (Phi) is 6.90. The number of carbonyl (C=O) groups excluding carboxylic acids is 2. The van der Waals surface area contributed by atoms with Crippen LogP contribution in [0.15, 0.2) is 52.9 Å². The highest BCUT2D eigenvalue weighted by molar-refractivity contribution is 6.31. The molecule has 0 spiro atoms. The van der Waals surface area contributed by atoms with E-state index in [1.165, 1.54) is 0 Å². The van der Waals surface area contributed by atoms with Gasteiger partial charge in [-0.3, -0.25) is 4.79 Å². The maximum Gasteiger partial charge on any atom is 0.375 e. The van der Waals surface area contributed by atoms with Gasteiger partial charge in [0.15, 0.2) is 6.61 Å². The molecule has 0 bridgehead atoms. The second-order valence-electron chi connectivity index (χ2n) is 6.43. The molecule has 6 nitrogen and oxygen atoms in total. The van der Waals surface area contributed by atoms with Crippen LogP contribution >= 0.6 is 11.6 Å². The van der Waals surface area contributed by atoms with E-state index < -0.39 is 18.5 Å². The monoisotopic (exact) mass is 415 g/mol. The molecule has 1 N–H and O–H groups in total. The third-order valence-corrected chi connectivity index (χ3v) is 4.76. The lowest BCUT2D eigenvalue weighted by Gasteiger charge is -2.15. The van der Waals surface area contributed by atoms with Crippen LogP contribution < -0.4 is 5.32 Å². The fraction of sp³-hybridized carbons (Fsp3) is 0.273. The van der Waals surface area contributed by atoms with Gasteiger partial charge in [-0.05, 0) is 31.5 Å². The number of esters is 1. The van der Waals surface area contributed by atoms with Crippen LogP contribution in [0.5, 0.6) is 0 Å². The predicted octanol–water partition coefficient (Wildman–Crippen LogP) is 4.66. The lowest BCUT2D eigenvalue weighted by Crippen LogP contribution is -2.31. The van der Waals surface area contributed by atoms with E-state index in [2.05, 4.69) is 5.32 Å². The van der Waals surface area contributed by atoms with Gasteiger partial charge in [0, 0.05) is 22.6 Å². The third-order valence-electron chi connectivity index (χ3n) is 4.42. The minimum atomic E-state index is -0.712. The van der Waals surface area contributed by atoms with Crippen molar-refractivity contribution in [3.63, 3.8) is 0 Å². The topological polar surface area (TPSA) is 77.8 Å². The molecule has 0 radical (unpaired) electrons. The number of rotatable bonds is 8. The van der Waals surface area contributed by atoms with Crippen molar-refractivity contribution in [3.05, 3.63) is 70.4 Å². The molecule has 1 atom stereocenters. The van der Waals surface area contributed by atoms with Crippen LogP contribution in [-0.4, -0.2) is 25.1 Å². The molecular weight excluding hydrogens is 394 g/mol. The van der Waals surface area contributed by atoms with E-state index >= 15 is 0 Å². The minimum absolute atomic E-state index is 0.0478. The lowest BCUT2D eigenvalue weighted by atomic mass is 10.1. The van der Waals surface area contributed by atoms with E-state index in [9.17, 15) is 9.59 Å². The zero-order chi connectivity index (χ0) is 20.8. The van der Waals surface area contributed by atoms with E-state index in [1.807, 2.05) is 43.3 Å². The van der Waals surface area contributed by atoms with Crippen molar-refractivity contribution < 1.29 is 23.5 Å². The van der Waals surface area contributed by atoms with Crippen molar-refractivity contribution in [2.45, 2.75) is 26.5 Å². The van der Waals surface area contributed by atoms with Gasteiger partial charge in [0.1, 0.15) is 5.58 Å². The Labute approximate surface area is 173 Å². The molecule has 3 rings (SSSR count). The number of furan rings is 1. The Hall–Kier alpha value is -2.83. The fourth-order valence-corrected chi connectivity index (χ4v) is 3.29. The first-order chi connectivity index (χ1) is 14.0. The predicted molar refractivity (Wildman–Crippen MR) is 110 cm³/mol. The highest BCUT2D eigenvalue weighted by atomic mass is 35.5. The van der Waals surface area contributed by atoms with Crippen molar-refractivity contribution in [2.75, 3.05) is 13.2 Å². The zero-order valence-electron chi connectivity index (χ0n) is 16.2. The maximum absolute atomic E-state index is 12.5. The normalized spacial score (nSPS) is 12.0. The average Bonchev–Trinajstić information content (AvgIpc) is 3.09. The number of para-hydroxylation sites is 1. The summed E-state index contributed by atoms with van der Waals surface area (Å²) in [6.45, 7) is 3.95. The van der Waals surface area contributed by atoms with Crippen molar-refractivity contribution in [3.8, 4) is 0 Å². The van der Waals surface area contributed by atoms with Crippen LogP contribution in [0, 0.1) is 0 Å². The molecule has 0 saturated carbocycles. The number of amides is 1. The van der Waals surface area contributed by atoms with Crippen LogP contribution in [0.2, 0.25) is 5.02 Å². The number of hydrogen-bond acceptors (Lipinski definition) is 5. The Morgan fingerprint density at radius 1 is 1.14 bits per heavy atom. The number of carbonyl (C=O) groups is 2. The van der Waals surface area contributed by atoms with E-state index in [0.717, 1.165) is 10.9 Å². The van der Waals surface area contributed by atoms with Crippen LogP contribution in [0.4, 0.5) is 0 Å². The molecule has 0 unspecified atom stereocenters. The smallest absolute Gasteiger partial charge is 0.375 e. The third kappa shape index (κ3) is 4.96. The first kappa shape index (κ1) is 20.9. The summed E-state index contributed by atoms with van der Waals surface area (Å²) in [5.41, 5.74) is 1.95. The molecule has 7 heteroatoms. The number of ether oxygens (including phenoxy) is 2. The summed E-state index contributed by atoms with van der Waals surface area (Å²) in [5, 5.41) is 4.10. The van der Waals surface area contributed by atoms with Crippen LogP contribution in [0.1, 0.15) is 41.6 Å². The van der Waals surface area contributed by atoms with Crippen LogP contribution in [0.25, 0.3) is 11.0 Å².